The van der Waals surface area contributed by atoms with Gasteiger partial charge in [0.2, 0.25) is 0 Å². The molecule has 2 N–H and O–H groups in total. The smallest absolute Gasteiger partial charge is 0.133 e. The summed E-state index contributed by atoms with van der Waals surface area (Å²) in [5.74, 6) is -1.71. The van der Waals surface area contributed by atoms with Crippen LogP contribution in [0.15, 0.2) is 12.1 Å². The van der Waals surface area contributed by atoms with Gasteiger partial charge in [0.05, 0.1) is 0 Å². The summed E-state index contributed by atoms with van der Waals surface area (Å²) in [6, 6.07) is 1.95. The van der Waals surface area contributed by atoms with Crippen LogP contribution in [-0.4, -0.2) is 18.2 Å². The van der Waals surface area contributed by atoms with Crippen molar-refractivity contribution in [2.75, 3.05) is 13.1 Å². The van der Waals surface area contributed by atoms with Crippen molar-refractivity contribution in [2.24, 2.45) is 0 Å². The molecule has 0 saturated carbocycles. The van der Waals surface area contributed by atoms with E-state index in [0.29, 0.717) is 0 Å². The highest BCUT2D eigenvalue weighted by Crippen LogP contribution is 2.31. The third-order valence-corrected chi connectivity index (χ3v) is 2.81. The summed E-state index contributed by atoms with van der Waals surface area (Å²) in [4.78, 5) is 0. The normalized spacial score (nSPS) is 18.0. The van der Waals surface area contributed by atoms with Gasteiger partial charge < -0.3 is 10.4 Å². The molecule has 0 amide bonds. The standard InChI is InChI=1S/C11H13F2NO/c12-9-5-8(15)6-10(13)11(9)7-1-3-14-4-2-7/h5-7,14-15H,1-4H2. The van der Waals surface area contributed by atoms with E-state index in [4.69, 9.17) is 5.11 Å². The summed E-state index contributed by atoms with van der Waals surface area (Å²) < 4.78 is 27.0. The Morgan fingerprint density at radius 1 is 1.13 bits per heavy atom. The first-order valence-electron chi connectivity index (χ1n) is 5.07. The fraction of sp³-hybridized carbons (Fsp3) is 0.455. The lowest BCUT2D eigenvalue weighted by Crippen LogP contribution is -2.27. The van der Waals surface area contributed by atoms with Gasteiger partial charge in [0, 0.05) is 17.7 Å². The van der Waals surface area contributed by atoms with Gasteiger partial charge in [-0.25, -0.2) is 8.78 Å². The van der Waals surface area contributed by atoms with Crippen molar-refractivity contribution in [1.82, 2.24) is 5.32 Å². The second kappa shape index (κ2) is 4.14. The van der Waals surface area contributed by atoms with Crippen molar-refractivity contribution in [3.63, 3.8) is 0 Å². The van der Waals surface area contributed by atoms with Crippen LogP contribution in [-0.2, 0) is 0 Å². The molecule has 1 saturated heterocycles. The maximum Gasteiger partial charge on any atom is 0.133 e. The molecule has 1 aliphatic heterocycles. The predicted octanol–water partition coefficient (Wildman–Crippen LogP) is 2.14. The predicted molar refractivity (Wildman–Crippen MR) is 52.9 cm³/mol. The van der Waals surface area contributed by atoms with Crippen LogP contribution in [0.3, 0.4) is 0 Å². The summed E-state index contributed by atoms with van der Waals surface area (Å²) in [5.41, 5.74) is 0.120. The summed E-state index contributed by atoms with van der Waals surface area (Å²) in [6.07, 6.45) is 1.47. The maximum absolute atomic E-state index is 13.5. The van der Waals surface area contributed by atoms with Crippen LogP contribution >= 0.6 is 0 Å². The van der Waals surface area contributed by atoms with Gasteiger partial charge in [-0.15, -0.1) is 0 Å². The highest BCUT2D eigenvalue weighted by Gasteiger charge is 2.22. The molecule has 2 nitrogen and oxygen atoms in total. The minimum absolute atomic E-state index is 0.0770. The van der Waals surface area contributed by atoms with Gasteiger partial charge in [-0.1, -0.05) is 0 Å². The van der Waals surface area contributed by atoms with E-state index in [1.54, 1.807) is 0 Å². The molecule has 0 atom stereocenters. The van der Waals surface area contributed by atoms with Gasteiger partial charge in [0.15, 0.2) is 0 Å². The first-order valence-corrected chi connectivity index (χ1v) is 5.07. The molecule has 15 heavy (non-hydrogen) atoms. The Morgan fingerprint density at radius 2 is 1.67 bits per heavy atom. The quantitative estimate of drug-likeness (QED) is 0.749. The Hall–Kier alpha value is -1.16. The molecule has 0 unspecified atom stereocenters. The van der Waals surface area contributed by atoms with Crippen LogP contribution in [0.5, 0.6) is 5.75 Å². The zero-order valence-electron chi connectivity index (χ0n) is 8.26. The molecule has 2 rings (SSSR count). The second-order valence-electron chi connectivity index (χ2n) is 3.85. The topological polar surface area (TPSA) is 32.3 Å². The van der Waals surface area contributed by atoms with Gasteiger partial charge >= 0.3 is 0 Å². The van der Waals surface area contributed by atoms with Crippen molar-refractivity contribution < 1.29 is 13.9 Å². The summed E-state index contributed by atoms with van der Waals surface area (Å²) >= 11 is 0. The Labute approximate surface area is 86.9 Å². The molecular weight excluding hydrogens is 200 g/mol. The fourth-order valence-corrected chi connectivity index (χ4v) is 2.07. The number of phenolic OH excluding ortho intramolecular Hbond substituents is 1. The second-order valence-corrected chi connectivity index (χ2v) is 3.85. The van der Waals surface area contributed by atoms with E-state index >= 15 is 0 Å². The van der Waals surface area contributed by atoms with Crippen molar-refractivity contribution in [1.29, 1.82) is 0 Å². The minimum Gasteiger partial charge on any atom is -0.508 e. The van der Waals surface area contributed by atoms with Crippen LogP contribution < -0.4 is 5.32 Å². The molecule has 1 aromatic carbocycles. The van der Waals surface area contributed by atoms with E-state index in [-0.39, 0.29) is 17.2 Å². The number of hydrogen-bond donors (Lipinski definition) is 2. The largest absolute Gasteiger partial charge is 0.508 e. The fourth-order valence-electron chi connectivity index (χ4n) is 2.07. The van der Waals surface area contributed by atoms with Crippen LogP contribution in [0.2, 0.25) is 0 Å². The number of piperidine rings is 1. The maximum atomic E-state index is 13.5. The molecule has 0 spiro atoms. The Morgan fingerprint density at radius 3 is 2.20 bits per heavy atom. The van der Waals surface area contributed by atoms with Gasteiger partial charge in [0.1, 0.15) is 17.4 Å². The molecule has 0 aliphatic carbocycles. The number of rotatable bonds is 1. The van der Waals surface area contributed by atoms with E-state index in [9.17, 15) is 8.78 Å². The van der Waals surface area contributed by atoms with Crippen LogP contribution in [0.25, 0.3) is 0 Å². The SMILES string of the molecule is Oc1cc(F)c(C2CCNCC2)c(F)c1. The molecule has 0 aromatic heterocycles. The molecule has 1 heterocycles. The molecule has 0 radical (unpaired) electrons. The molecular formula is C11H13F2NO. The first kappa shape index (κ1) is 10.4. The molecule has 1 aromatic rings. The van der Waals surface area contributed by atoms with Gasteiger partial charge in [0.25, 0.3) is 0 Å². The lowest BCUT2D eigenvalue weighted by Gasteiger charge is -2.23. The molecule has 4 heteroatoms. The molecule has 82 valence electrons. The lowest BCUT2D eigenvalue weighted by molar-refractivity contribution is 0.416. The molecule has 0 bridgehead atoms. The average molecular weight is 213 g/mol. The highest BCUT2D eigenvalue weighted by molar-refractivity contribution is 5.32. The van der Waals surface area contributed by atoms with Crippen molar-refractivity contribution in [2.45, 2.75) is 18.8 Å². The number of nitrogens with one attached hydrogen (secondary N) is 1. The summed E-state index contributed by atoms with van der Waals surface area (Å²) in [5, 5.41) is 12.2. The summed E-state index contributed by atoms with van der Waals surface area (Å²) in [7, 11) is 0. The van der Waals surface area contributed by atoms with Crippen molar-refractivity contribution in [3.05, 3.63) is 29.3 Å². The van der Waals surface area contributed by atoms with Crippen LogP contribution in [0.4, 0.5) is 8.78 Å². The lowest BCUT2D eigenvalue weighted by atomic mass is 9.89. The number of phenols is 1. The number of hydrogen-bond acceptors (Lipinski definition) is 2. The first-order chi connectivity index (χ1) is 7.18. The Bertz CT molecular complexity index is 339. The van der Waals surface area contributed by atoms with E-state index < -0.39 is 11.6 Å². The van der Waals surface area contributed by atoms with Crippen LogP contribution in [0, 0.1) is 11.6 Å². The number of benzene rings is 1. The average Bonchev–Trinajstić information content (AvgIpc) is 2.17. The highest BCUT2D eigenvalue weighted by atomic mass is 19.1. The Kier molecular flexibility index (Phi) is 2.86. The zero-order valence-corrected chi connectivity index (χ0v) is 8.26. The molecule has 1 aliphatic rings. The van der Waals surface area contributed by atoms with Gasteiger partial charge in [-0.05, 0) is 31.8 Å². The van der Waals surface area contributed by atoms with Crippen molar-refractivity contribution >= 4 is 0 Å². The third kappa shape index (κ3) is 2.09. The van der Waals surface area contributed by atoms with Gasteiger partial charge in [-0.3, -0.25) is 0 Å². The van der Waals surface area contributed by atoms with Crippen LogP contribution in [0.1, 0.15) is 24.3 Å². The van der Waals surface area contributed by atoms with E-state index in [1.165, 1.54) is 0 Å². The minimum atomic E-state index is -0.639. The number of aromatic hydroxyl groups is 1. The van der Waals surface area contributed by atoms with E-state index in [1.807, 2.05) is 0 Å². The van der Waals surface area contributed by atoms with E-state index in [0.717, 1.165) is 38.1 Å². The third-order valence-electron chi connectivity index (χ3n) is 2.81. The number of halogens is 2. The van der Waals surface area contributed by atoms with E-state index in [2.05, 4.69) is 5.32 Å². The molecule has 1 fully saturated rings. The summed E-state index contributed by atoms with van der Waals surface area (Å²) in [6.45, 7) is 1.56. The Balaban J connectivity index is 2.33. The van der Waals surface area contributed by atoms with Gasteiger partial charge in [-0.2, -0.15) is 0 Å². The van der Waals surface area contributed by atoms with Crippen molar-refractivity contribution in [3.8, 4) is 5.75 Å². The zero-order chi connectivity index (χ0) is 10.8. The monoisotopic (exact) mass is 213 g/mol.